The van der Waals surface area contributed by atoms with Crippen LogP contribution in [0.4, 0.5) is 0 Å². The fourth-order valence-corrected chi connectivity index (χ4v) is 3.10. The molecule has 146 valence electrons. The highest BCUT2D eigenvalue weighted by Gasteiger charge is 2.28. The number of fused-ring (bicyclic) bond motifs is 1. The number of esters is 2. The van der Waals surface area contributed by atoms with Crippen molar-refractivity contribution in [3.05, 3.63) is 23.8 Å². The second-order valence-corrected chi connectivity index (χ2v) is 6.34. The Morgan fingerprint density at radius 1 is 1.07 bits per heavy atom. The molecule has 2 heterocycles. The molecule has 2 aliphatic rings. The smallest absolute Gasteiger partial charge is 0.338 e. The van der Waals surface area contributed by atoms with Crippen LogP contribution in [-0.4, -0.2) is 62.3 Å². The van der Waals surface area contributed by atoms with Gasteiger partial charge < -0.3 is 23.8 Å². The number of benzene rings is 1. The van der Waals surface area contributed by atoms with Gasteiger partial charge in [0.2, 0.25) is 0 Å². The van der Waals surface area contributed by atoms with Crippen molar-refractivity contribution in [2.45, 2.75) is 19.8 Å². The zero-order valence-corrected chi connectivity index (χ0v) is 15.3. The van der Waals surface area contributed by atoms with Crippen molar-refractivity contribution in [2.24, 2.45) is 5.92 Å². The number of amides is 1. The topological polar surface area (TPSA) is 91.4 Å². The van der Waals surface area contributed by atoms with Gasteiger partial charge in [0.1, 0.15) is 13.2 Å². The maximum atomic E-state index is 12.3. The summed E-state index contributed by atoms with van der Waals surface area (Å²) in [6.45, 7) is 3.58. The molecule has 8 heteroatoms. The van der Waals surface area contributed by atoms with Gasteiger partial charge in [-0.3, -0.25) is 9.59 Å². The average Bonchev–Trinajstić information content (AvgIpc) is 2.71. The molecular formula is C19H23NO7. The summed E-state index contributed by atoms with van der Waals surface area (Å²) in [7, 11) is 0. The van der Waals surface area contributed by atoms with Crippen molar-refractivity contribution >= 4 is 17.8 Å². The Kier molecular flexibility index (Phi) is 6.16. The van der Waals surface area contributed by atoms with E-state index in [0.717, 1.165) is 0 Å². The van der Waals surface area contributed by atoms with Crippen molar-refractivity contribution in [1.29, 1.82) is 0 Å². The van der Waals surface area contributed by atoms with E-state index in [1.807, 2.05) is 0 Å². The summed E-state index contributed by atoms with van der Waals surface area (Å²) >= 11 is 0. The molecule has 3 rings (SSSR count). The summed E-state index contributed by atoms with van der Waals surface area (Å²) < 4.78 is 21.0. The molecule has 8 nitrogen and oxygen atoms in total. The number of carbonyl (C=O) groups is 3. The van der Waals surface area contributed by atoms with Crippen LogP contribution in [-0.2, 0) is 19.1 Å². The molecule has 1 amide bonds. The number of hydrogen-bond donors (Lipinski definition) is 0. The van der Waals surface area contributed by atoms with Crippen molar-refractivity contribution < 1.29 is 33.3 Å². The van der Waals surface area contributed by atoms with Crippen LogP contribution in [0.25, 0.3) is 0 Å². The van der Waals surface area contributed by atoms with Gasteiger partial charge in [-0.05, 0) is 38.0 Å². The lowest BCUT2D eigenvalue weighted by Crippen LogP contribution is -2.42. The lowest BCUT2D eigenvalue weighted by molar-refractivity contribution is -0.151. The SMILES string of the molecule is CCOC(=O)C1CCN(C(=O)COC(=O)c2ccc3c(c2)OCCO3)CC1. The zero-order valence-electron chi connectivity index (χ0n) is 15.3. The summed E-state index contributed by atoms with van der Waals surface area (Å²) in [5.41, 5.74) is 0.299. The third-order valence-electron chi connectivity index (χ3n) is 4.57. The molecule has 0 aromatic heterocycles. The molecule has 0 spiro atoms. The molecule has 0 aliphatic carbocycles. The number of hydrogen-bond acceptors (Lipinski definition) is 7. The van der Waals surface area contributed by atoms with E-state index in [2.05, 4.69) is 0 Å². The van der Waals surface area contributed by atoms with E-state index in [1.54, 1.807) is 30.0 Å². The minimum absolute atomic E-state index is 0.172. The number of ether oxygens (including phenoxy) is 4. The first kappa shape index (κ1) is 19.0. The van der Waals surface area contributed by atoms with Crippen LogP contribution in [0.2, 0.25) is 0 Å². The lowest BCUT2D eigenvalue weighted by atomic mass is 9.97. The highest BCUT2D eigenvalue weighted by molar-refractivity contribution is 5.92. The van der Waals surface area contributed by atoms with E-state index >= 15 is 0 Å². The molecular weight excluding hydrogens is 354 g/mol. The summed E-state index contributed by atoms with van der Waals surface area (Å²) in [4.78, 5) is 37.8. The van der Waals surface area contributed by atoms with Gasteiger partial charge in [0, 0.05) is 13.1 Å². The summed E-state index contributed by atoms with van der Waals surface area (Å²) in [6, 6.07) is 4.77. The minimum atomic E-state index is -0.596. The number of piperidine rings is 1. The molecule has 2 aliphatic heterocycles. The van der Waals surface area contributed by atoms with Crippen LogP contribution < -0.4 is 9.47 Å². The standard InChI is InChI=1S/C19H23NO7/c1-2-24-18(22)13-5-7-20(8-6-13)17(21)12-27-19(23)14-3-4-15-16(11-14)26-10-9-25-15/h3-4,11,13H,2,5-10,12H2,1H3. The van der Waals surface area contributed by atoms with E-state index in [9.17, 15) is 14.4 Å². The van der Waals surface area contributed by atoms with Crippen LogP contribution in [0.5, 0.6) is 11.5 Å². The molecule has 0 radical (unpaired) electrons. The van der Waals surface area contributed by atoms with Gasteiger partial charge in [0.15, 0.2) is 18.1 Å². The Labute approximate surface area is 157 Å². The van der Waals surface area contributed by atoms with E-state index in [-0.39, 0.29) is 24.4 Å². The lowest BCUT2D eigenvalue weighted by Gasteiger charge is -2.30. The van der Waals surface area contributed by atoms with E-state index in [1.165, 1.54) is 0 Å². The highest BCUT2D eigenvalue weighted by atomic mass is 16.6. The fourth-order valence-electron chi connectivity index (χ4n) is 3.10. The Morgan fingerprint density at radius 3 is 2.48 bits per heavy atom. The van der Waals surface area contributed by atoms with Crippen molar-refractivity contribution in [1.82, 2.24) is 4.90 Å². The quantitative estimate of drug-likeness (QED) is 0.717. The van der Waals surface area contributed by atoms with E-state index in [0.29, 0.717) is 62.8 Å². The molecule has 27 heavy (non-hydrogen) atoms. The Bertz CT molecular complexity index is 710. The van der Waals surface area contributed by atoms with E-state index in [4.69, 9.17) is 18.9 Å². The third-order valence-corrected chi connectivity index (χ3v) is 4.57. The number of nitrogens with zero attached hydrogens (tertiary/aromatic N) is 1. The monoisotopic (exact) mass is 377 g/mol. The molecule has 0 bridgehead atoms. The van der Waals surface area contributed by atoms with E-state index < -0.39 is 5.97 Å². The minimum Gasteiger partial charge on any atom is -0.486 e. The maximum absolute atomic E-state index is 12.3. The number of likely N-dealkylation sites (tertiary alicyclic amines) is 1. The first-order valence-electron chi connectivity index (χ1n) is 9.09. The first-order valence-corrected chi connectivity index (χ1v) is 9.09. The molecule has 1 aromatic carbocycles. The second-order valence-electron chi connectivity index (χ2n) is 6.34. The van der Waals surface area contributed by atoms with Gasteiger partial charge in [-0.15, -0.1) is 0 Å². The van der Waals surface area contributed by atoms with Gasteiger partial charge in [-0.1, -0.05) is 0 Å². The summed E-state index contributed by atoms with van der Waals surface area (Å²) in [6.07, 6.45) is 1.11. The van der Waals surface area contributed by atoms with Crippen LogP contribution >= 0.6 is 0 Å². The largest absolute Gasteiger partial charge is 0.486 e. The Morgan fingerprint density at radius 2 is 1.78 bits per heavy atom. The maximum Gasteiger partial charge on any atom is 0.338 e. The van der Waals surface area contributed by atoms with Crippen LogP contribution in [0.1, 0.15) is 30.1 Å². The zero-order chi connectivity index (χ0) is 19.2. The van der Waals surface area contributed by atoms with Gasteiger partial charge >= 0.3 is 11.9 Å². The molecule has 0 atom stereocenters. The molecule has 0 N–H and O–H groups in total. The molecule has 1 aromatic rings. The second kappa shape index (κ2) is 8.75. The first-order chi connectivity index (χ1) is 13.1. The van der Waals surface area contributed by atoms with Crippen molar-refractivity contribution in [2.75, 3.05) is 39.5 Å². The fraction of sp³-hybridized carbons (Fsp3) is 0.526. The molecule has 0 unspecified atom stereocenters. The summed E-state index contributed by atoms with van der Waals surface area (Å²) in [5.74, 6) is -0.185. The van der Waals surface area contributed by atoms with Gasteiger partial charge in [0.05, 0.1) is 18.1 Å². The Balaban J connectivity index is 1.47. The molecule has 0 saturated carbocycles. The predicted octanol–water partition coefficient (Wildman–Crippen LogP) is 1.42. The molecule has 1 fully saturated rings. The predicted molar refractivity (Wildman–Crippen MR) is 93.7 cm³/mol. The normalized spacial score (nSPS) is 16.6. The van der Waals surface area contributed by atoms with Crippen LogP contribution in [0, 0.1) is 5.92 Å². The van der Waals surface area contributed by atoms with Crippen LogP contribution in [0.3, 0.4) is 0 Å². The molecule has 1 saturated heterocycles. The van der Waals surface area contributed by atoms with Gasteiger partial charge in [-0.2, -0.15) is 0 Å². The highest BCUT2D eigenvalue weighted by Crippen LogP contribution is 2.30. The average molecular weight is 377 g/mol. The van der Waals surface area contributed by atoms with Gasteiger partial charge in [-0.25, -0.2) is 4.79 Å². The number of rotatable bonds is 5. The van der Waals surface area contributed by atoms with Gasteiger partial charge in [0.25, 0.3) is 5.91 Å². The Hall–Kier alpha value is -2.77. The summed E-state index contributed by atoms with van der Waals surface area (Å²) in [5, 5.41) is 0. The number of carbonyl (C=O) groups excluding carboxylic acids is 3. The van der Waals surface area contributed by atoms with Crippen molar-refractivity contribution in [3.63, 3.8) is 0 Å². The van der Waals surface area contributed by atoms with Crippen LogP contribution in [0.15, 0.2) is 18.2 Å². The van der Waals surface area contributed by atoms with Crippen molar-refractivity contribution in [3.8, 4) is 11.5 Å². The third kappa shape index (κ3) is 4.69.